The summed E-state index contributed by atoms with van der Waals surface area (Å²) in [6.07, 6.45) is 0. The topological polar surface area (TPSA) is 9.23 Å². The summed E-state index contributed by atoms with van der Waals surface area (Å²) in [6, 6.07) is 0. The van der Waals surface area contributed by atoms with E-state index >= 15 is 0 Å². The second kappa shape index (κ2) is 76.4. The molecule has 0 saturated heterocycles. The normalized spacial score (nSPS) is 3.75. The van der Waals surface area contributed by atoms with E-state index in [-0.39, 0.29) is 18.8 Å². The lowest BCUT2D eigenvalue weighted by Gasteiger charge is -1.76. The van der Waals surface area contributed by atoms with Crippen LogP contribution in [0.3, 0.4) is 0 Å². The monoisotopic (exact) mass is 140 g/mol. The van der Waals surface area contributed by atoms with Crippen LogP contribution in [-0.2, 0) is 4.74 Å². The third kappa shape index (κ3) is 269. The summed E-state index contributed by atoms with van der Waals surface area (Å²) in [7, 11) is 1.68. The minimum absolute atomic E-state index is 0. The number of methoxy groups -OCH3 is 1. The average molecular weight is 140 g/mol. The molecule has 1 nitrogen and oxygen atoms in total. The summed E-state index contributed by atoms with van der Waals surface area (Å²) >= 11 is 0. The Morgan fingerprint density at radius 2 is 1.12 bits per heavy atom. The Hall–Kier alpha value is -0.320. The molecule has 0 aromatic carbocycles. The molecule has 58 valence electrons. The fraction of sp³-hybridized carbons (Fsp3) is 1.00. The number of hydrogen-bond donors (Lipinski definition) is 0. The van der Waals surface area contributed by atoms with Gasteiger partial charge in [-0.05, 0) is 6.92 Å². The Kier molecular flexibility index (Phi) is 455. The summed E-state index contributed by atoms with van der Waals surface area (Å²) in [4.78, 5) is 0. The lowest BCUT2D eigenvalue weighted by atomic mass is 10.9. The van der Waals surface area contributed by atoms with Crippen LogP contribution in [0.4, 0.5) is 18.8 Å². The number of halogens is 4. The zero-order valence-corrected chi connectivity index (χ0v) is 4.75. The molecule has 0 rings (SSSR count). The molecule has 0 amide bonds. The maximum atomic E-state index is 4.54. The molecule has 0 aliphatic carbocycles. The van der Waals surface area contributed by atoms with Gasteiger partial charge in [0.05, 0.1) is 0 Å². The van der Waals surface area contributed by atoms with E-state index in [1.165, 1.54) is 0 Å². The predicted octanol–water partition coefficient (Wildman–Crippen LogP) is 1.26. The van der Waals surface area contributed by atoms with E-state index in [1.54, 1.807) is 7.11 Å². The molecule has 0 heterocycles. The molecule has 5 heteroatoms. The van der Waals surface area contributed by atoms with Crippen LogP contribution in [0.15, 0.2) is 0 Å². The number of ether oxygens (including phenoxy) is 1. The van der Waals surface area contributed by atoms with E-state index in [4.69, 9.17) is 0 Å². The van der Waals surface area contributed by atoms with Gasteiger partial charge in [0.2, 0.25) is 0 Å². The van der Waals surface area contributed by atoms with E-state index < -0.39 is 0 Å². The first-order chi connectivity index (χ1) is 1.91. The second-order valence-corrected chi connectivity index (χ2v) is 0.577. The molecule has 0 radical (unpaired) electrons. The molecule has 0 aliphatic rings. The lowest BCUT2D eigenvalue weighted by molar-refractivity contribution is 0.215. The van der Waals surface area contributed by atoms with Crippen molar-refractivity contribution in [3.8, 4) is 0 Å². The Morgan fingerprint density at radius 1 is 1.00 bits per heavy atom. The third-order valence-electron chi connectivity index (χ3n) is 0.289. The molecule has 0 aromatic heterocycles. The van der Waals surface area contributed by atoms with Crippen molar-refractivity contribution in [2.24, 2.45) is 0 Å². The minimum atomic E-state index is 0. The van der Waals surface area contributed by atoms with E-state index in [2.05, 4.69) is 4.74 Å². The van der Waals surface area contributed by atoms with Gasteiger partial charge in [0.1, 0.15) is 0 Å². The maximum absolute atomic E-state index is 4.54. The van der Waals surface area contributed by atoms with Gasteiger partial charge < -0.3 is 4.74 Å². The van der Waals surface area contributed by atoms with Crippen LogP contribution in [-0.4, -0.2) is 13.7 Å². The third-order valence-corrected chi connectivity index (χ3v) is 0.289. The first kappa shape index (κ1) is 47.7. The highest BCUT2D eigenvalue weighted by atomic mass is 19.0. The van der Waals surface area contributed by atoms with E-state index in [0.717, 1.165) is 6.61 Å². The van der Waals surface area contributed by atoms with Crippen molar-refractivity contribution >= 4 is 0 Å². The van der Waals surface area contributed by atoms with Crippen molar-refractivity contribution in [2.75, 3.05) is 13.7 Å². The first-order valence-corrected chi connectivity index (χ1v) is 1.40. The fourth-order valence-electron chi connectivity index (χ4n) is 0. The van der Waals surface area contributed by atoms with Gasteiger partial charge in [0, 0.05) is 13.7 Å². The van der Waals surface area contributed by atoms with Gasteiger partial charge in [-0.25, -0.2) is 0 Å². The van der Waals surface area contributed by atoms with Gasteiger partial charge in [-0.2, -0.15) is 0 Å². The highest BCUT2D eigenvalue weighted by Gasteiger charge is 1.51. The summed E-state index contributed by atoms with van der Waals surface area (Å²) < 4.78 is 4.54. The summed E-state index contributed by atoms with van der Waals surface area (Å²) in [5.41, 5.74) is 0. The molecule has 0 spiro atoms. The van der Waals surface area contributed by atoms with E-state index in [9.17, 15) is 0 Å². The van der Waals surface area contributed by atoms with Crippen LogP contribution < -0.4 is 0 Å². The molecule has 0 aromatic rings. The Balaban J connectivity index is -0.00000000750. The van der Waals surface area contributed by atoms with Crippen molar-refractivity contribution in [3.05, 3.63) is 0 Å². The van der Waals surface area contributed by atoms with E-state index in [1.807, 2.05) is 6.92 Å². The molecule has 0 unspecified atom stereocenters. The van der Waals surface area contributed by atoms with Crippen molar-refractivity contribution in [1.82, 2.24) is 0 Å². The van der Waals surface area contributed by atoms with Crippen LogP contribution in [0, 0.1) is 0 Å². The Bertz CT molecular complexity index is 13.2. The summed E-state index contributed by atoms with van der Waals surface area (Å²) in [6.45, 7) is 2.78. The van der Waals surface area contributed by atoms with Gasteiger partial charge >= 0.3 is 0 Å². The number of hydrogen-bond acceptors (Lipinski definition) is 1. The molecule has 0 atom stereocenters. The van der Waals surface area contributed by atoms with Crippen molar-refractivity contribution in [3.63, 3.8) is 0 Å². The molecule has 0 fully saturated rings. The van der Waals surface area contributed by atoms with Gasteiger partial charge in [-0.1, -0.05) is 0 Å². The highest BCUT2D eigenvalue weighted by molar-refractivity contribution is 3.94. The Morgan fingerprint density at radius 3 is 1.12 bits per heavy atom. The molecular weight excluding hydrogens is 128 g/mol. The van der Waals surface area contributed by atoms with E-state index in [0.29, 0.717) is 0 Å². The average Bonchev–Trinajstić information content (AvgIpc) is 1.37. The van der Waals surface area contributed by atoms with Gasteiger partial charge in [-0.15, -0.1) is 0 Å². The Labute approximate surface area is 45.5 Å². The zero-order chi connectivity index (χ0) is 3.41. The quantitative estimate of drug-likeness (QED) is 0.498. The lowest BCUT2D eigenvalue weighted by Crippen LogP contribution is -1.73. The van der Waals surface area contributed by atoms with Gasteiger partial charge in [-0.3, -0.25) is 18.8 Å². The smallest absolute Gasteiger partial charge is 0.0433 e. The summed E-state index contributed by atoms with van der Waals surface area (Å²) in [5, 5.41) is 0. The maximum Gasteiger partial charge on any atom is 0.0433 e. The van der Waals surface area contributed by atoms with Crippen molar-refractivity contribution in [1.29, 1.82) is 0 Å². The van der Waals surface area contributed by atoms with Crippen molar-refractivity contribution < 1.29 is 23.6 Å². The molecule has 8 heavy (non-hydrogen) atoms. The van der Waals surface area contributed by atoms with Crippen molar-refractivity contribution in [2.45, 2.75) is 6.92 Å². The molecule has 0 bridgehead atoms. The van der Waals surface area contributed by atoms with Crippen LogP contribution in [0.5, 0.6) is 0 Å². The highest BCUT2D eigenvalue weighted by Crippen LogP contribution is 1.52. The largest absolute Gasteiger partial charge is 0.385 e. The second-order valence-electron chi connectivity index (χ2n) is 0.577. The molecule has 0 saturated carbocycles. The standard InChI is InChI=1S/C3H8O.4FH/c1-3-4-2;;;;/h3H2,1-2H3;4*1H. The van der Waals surface area contributed by atoms with Crippen LogP contribution in [0.25, 0.3) is 0 Å². The van der Waals surface area contributed by atoms with Crippen LogP contribution >= 0.6 is 0 Å². The summed E-state index contributed by atoms with van der Waals surface area (Å²) in [5.74, 6) is 0. The number of rotatable bonds is 1. The van der Waals surface area contributed by atoms with Crippen LogP contribution in [0.2, 0.25) is 0 Å². The first-order valence-electron chi connectivity index (χ1n) is 1.40. The zero-order valence-electron chi connectivity index (χ0n) is 4.75. The molecule has 0 aliphatic heterocycles. The SMILES string of the molecule is CCOC.F.F.F.F. The van der Waals surface area contributed by atoms with Crippen LogP contribution in [0.1, 0.15) is 6.92 Å². The minimum Gasteiger partial charge on any atom is -0.385 e. The molecule has 0 N–H and O–H groups in total. The molecular formula is C3H12F4O. The fourth-order valence-corrected chi connectivity index (χ4v) is 0. The van der Waals surface area contributed by atoms with Gasteiger partial charge in [0.15, 0.2) is 0 Å². The predicted molar refractivity (Wildman–Crippen MR) is 27.6 cm³/mol. The van der Waals surface area contributed by atoms with Gasteiger partial charge in [0.25, 0.3) is 0 Å².